The van der Waals surface area contributed by atoms with E-state index in [0.29, 0.717) is 12.0 Å². The van der Waals surface area contributed by atoms with E-state index in [-0.39, 0.29) is 0 Å². The third kappa shape index (κ3) is 2.63. The number of rotatable bonds is 3. The molecule has 21 heavy (non-hydrogen) atoms. The summed E-state index contributed by atoms with van der Waals surface area (Å²) < 4.78 is 2.93. The van der Waals surface area contributed by atoms with Crippen LogP contribution in [0.1, 0.15) is 32.1 Å². The second-order valence-corrected chi connectivity index (χ2v) is 6.47. The Morgan fingerprint density at radius 1 is 1.14 bits per heavy atom. The fourth-order valence-electron chi connectivity index (χ4n) is 2.81. The van der Waals surface area contributed by atoms with Crippen LogP contribution >= 0.6 is 11.3 Å². The van der Waals surface area contributed by atoms with Crippen LogP contribution in [0.2, 0.25) is 0 Å². The summed E-state index contributed by atoms with van der Waals surface area (Å²) in [5.74, 6) is 0.709. The number of fused-ring (bicyclic) bond motifs is 1. The van der Waals surface area contributed by atoms with Gasteiger partial charge in [-0.05, 0) is 25.0 Å². The van der Waals surface area contributed by atoms with Gasteiger partial charge in [0.2, 0.25) is 11.1 Å². The van der Waals surface area contributed by atoms with Gasteiger partial charge in [0.05, 0.1) is 10.2 Å². The lowest BCUT2D eigenvalue weighted by molar-refractivity contribution is 0.461. The van der Waals surface area contributed by atoms with E-state index in [1.54, 1.807) is 22.3 Å². The topological polar surface area (TPSA) is 55.6 Å². The molecule has 1 aliphatic carbocycles. The molecule has 0 bridgehead atoms. The molecular formula is C15H17N5S. The molecule has 0 spiro atoms. The number of aromatic nitrogens is 4. The van der Waals surface area contributed by atoms with Crippen LogP contribution in [-0.4, -0.2) is 25.8 Å². The van der Waals surface area contributed by atoms with Gasteiger partial charge >= 0.3 is 0 Å². The Bertz CT molecular complexity index is 708. The molecule has 0 amide bonds. The number of nitrogens with one attached hydrogen (secondary N) is 1. The number of hydrogen-bond donors (Lipinski definition) is 1. The molecule has 1 N–H and O–H groups in total. The zero-order valence-electron chi connectivity index (χ0n) is 11.7. The summed E-state index contributed by atoms with van der Waals surface area (Å²) in [6.45, 7) is 0. The average Bonchev–Trinajstić information content (AvgIpc) is 3.14. The van der Waals surface area contributed by atoms with E-state index in [0.717, 1.165) is 10.6 Å². The van der Waals surface area contributed by atoms with E-state index >= 15 is 0 Å². The Balaban J connectivity index is 1.55. The second-order valence-electron chi connectivity index (χ2n) is 5.46. The monoisotopic (exact) mass is 299 g/mol. The van der Waals surface area contributed by atoms with Crippen molar-refractivity contribution in [3.8, 4) is 5.13 Å². The summed E-state index contributed by atoms with van der Waals surface area (Å²) >= 11 is 1.63. The molecule has 1 fully saturated rings. The van der Waals surface area contributed by atoms with E-state index in [1.165, 1.54) is 36.8 Å². The lowest BCUT2D eigenvalue weighted by Crippen LogP contribution is -2.22. The molecule has 0 unspecified atom stereocenters. The van der Waals surface area contributed by atoms with Crippen LogP contribution in [-0.2, 0) is 0 Å². The van der Waals surface area contributed by atoms with E-state index < -0.39 is 0 Å². The van der Waals surface area contributed by atoms with E-state index in [2.05, 4.69) is 26.4 Å². The molecule has 1 aliphatic rings. The van der Waals surface area contributed by atoms with Crippen LogP contribution in [0.15, 0.2) is 30.6 Å². The van der Waals surface area contributed by atoms with Crippen molar-refractivity contribution in [2.24, 2.45) is 0 Å². The Morgan fingerprint density at radius 2 is 2.00 bits per heavy atom. The van der Waals surface area contributed by atoms with Crippen molar-refractivity contribution in [2.45, 2.75) is 38.1 Å². The minimum atomic E-state index is 0.518. The SMILES string of the molecule is c1ccc2sc(-n3cnc(NC4CCCCC4)n3)nc2c1. The van der Waals surface area contributed by atoms with Gasteiger partial charge in [0.25, 0.3) is 0 Å². The first-order valence-corrected chi connectivity index (χ1v) is 8.24. The highest BCUT2D eigenvalue weighted by Crippen LogP contribution is 2.24. The molecule has 5 nitrogen and oxygen atoms in total. The fraction of sp³-hybridized carbons (Fsp3) is 0.400. The molecule has 1 aromatic carbocycles. The molecule has 2 heterocycles. The highest BCUT2D eigenvalue weighted by molar-refractivity contribution is 7.20. The highest BCUT2D eigenvalue weighted by atomic mass is 32.1. The van der Waals surface area contributed by atoms with Gasteiger partial charge in [0.15, 0.2) is 0 Å². The molecule has 0 radical (unpaired) electrons. The first-order chi connectivity index (χ1) is 10.4. The molecule has 0 aliphatic heterocycles. The summed E-state index contributed by atoms with van der Waals surface area (Å²) in [5.41, 5.74) is 1.01. The predicted molar refractivity (Wildman–Crippen MR) is 85.0 cm³/mol. The number of nitrogens with zero attached hydrogens (tertiary/aromatic N) is 4. The molecule has 108 valence electrons. The average molecular weight is 299 g/mol. The van der Waals surface area contributed by atoms with Gasteiger partial charge in [-0.1, -0.05) is 42.7 Å². The van der Waals surface area contributed by atoms with Crippen LogP contribution in [0.25, 0.3) is 15.3 Å². The molecule has 0 atom stereocenters. The molecule has 0 saturated heterocycles. The summed E-state index contributed by atoms with van der Waals surface area (Å²) in [5, 5.41) is 8.81. The first-order valence-electron chi connectivity index (χ1n) is 7.43. The third-order valence-corrected chi connectivity index (χ3v) is 4.93. The van der Waals surface area contributed by atoms with Crippen molar-refractivity contribution < 1.29 is 0 Å². The normalized spacial score (nSPS) is 16.4. The van der Waals surface area contributed by atoms with Crippen LogP contribution in [0.4, 0.5) is 5.95 Å². The standard InChI is InChI=1S/C15H17N5S/c1-2-6-11(7-3-1)17-14-16-10-20(19-14)15-18-12-8-4-5-9-13(12)21-15/h4-5,8-11H,1-3,6-7H2,(H,17,19). The maximum Gasteiger partial charge on any atom is 0.242 e. The largest absolute Gasteiger partial charge is 0.350 e. The van der Waals surface area contributed by atoms with Crippen molar-refractivity contribution in [1.82, 2.24) is 19.7 Å². The smallest absolute Gasteiger partial charge is 0.242 e. The van der Waals surface area contributed by atoms with Crippen molar-refractivity contribution in [2.75, 3.05) is 5.32 Å². The van der Waals surface area contributed by atoms with Crippen LogP contribution in [0.5, 0.6) is 0 Å². The summed E-state index contributed by atoms with van der Waals surface area (Å²) in [7, 11) is 0. The quantitative estimate of drug-likeness (QED) is 0.802. The lowest BCUT2D eigenvalue weighted by Gasteiger charge is -2.21. The molecule has 6 heteroatoms. The molecule has 1 saturated carbocycles. The van der Waals surface area contributed by atoms with Crippen molar-refractivity contribution >= 4 is 27.5 Å². The Labute approximate surface area is 127 Å². The van der Waals surface area contributed by atoms with Gasteiger partial charge in [0.1, 0.15) is 6.33 Å². The number of para-hydroxylation sites is 1. The van der Waals surface area contributed by atoms with Gasteiger partial charge in [0, 0.05) is 6.04 Å². The molecule has 3 aromatic rings. The first kappa shape index (κ1) is 12.8. The minimum Gasteiger partial charge on any atom is -0.350 e. The van der Waals surface area contributed by atoms with Crippen molar-refractivity contribution in [3.05, 3.63) is 30.6 Å². The van der Waals surface area contributed by atoms with Crippen molar-refractivity contribution in [3.63, 3.8) is 0 Å². The lowest BCUT2D eigenvalue weighted by atomic mass is 9.96. The van der Waals surface area contributed by atoms with Gasteiger partial charge in [-0.15, -0.1) is 5.10 Å². The predicted octanol–water partition coefficient (Wildman–Crippen LogP) is 3.62. The molecule has 2 aromatic heterocycles. The third-order valence-electron chi connectivity index (χ3n) is 3.91. The van der Waals surface area contributed by atoms with E-state index in [9.17, 15) is 0 Å². The van der Waals surface area contributed by atoms with Gasteiger partial charge in [-0.25, -0.2) is 9.97 Å². The second kappa shape index (κ2) is 5.44. The van der Waals surface area contributed by atoms with Gasteiger partial charge in [-0.3, -0.25) is 0 Å². The van der Waals surface area contributed by atoms with E-state index in [1.807, 2.05) is 18.2 Å². The number of hydrogen-bond acceptors (Lipinski definition) is 5. The summed E-state index contributed by atoms with van der Waals surface area (Å²) in [6, 6.07) is 8.65. The minimum absolute atomic E-state index is 0.518. The molecule has 4 rings (SSSR count). The van der Waals surface area contributed by atoms with Gasteiger partial charge < -0.3 is 5.32 Å². The van der Waals surface area contributed by atoms with Gasteiger partial charge in [-0.2, -0.15) is 4.68 Å². The number of thiazole rings is 1. The zero-order chi connectivity index (χ0) is 14.1. The number of anilines is 1. The Hall–Kier alpha value is -1.95. The van der Waals surface area contributed by atoms with Crippen molar-refractivity contribution in [1.29, 1.82) is 0 Å². The Morgan fingerprint density at radius 3 is 2.86 bits per heavy atom. The molecular weight excluding hydrogens is 282 g/mol. The maximum atomic E-state index is 4.59. The summed E-state index contributed by atoms with van der Waals surface area (Å²) in [6.07, 6.45) is 8.13. The zero-order valence-corrected chi connectivity index (χ0v) is 12.5. The fourth-order valence-corrected chi connectivity index (χ4v) is 3.70. The Kier molecular flexibility index (Phi) is 3.31. The van der Waals surface area contributed by atoms with E-state index in [4.69, 9.17) is 0 Å². The number of benzene rings is 1. The highest BCUT2D eigenvalue weighted by Gasteiger charge is 2.15. The summed E-state index contributed by atoms with van der Waals surface area (Å²) in [4.78, 5) is 8.96. The van der Waals surface area contributed by atoms with Crippen LogP contribution in [0, 0.1) is 0 Å². The van der Waals surface area contributed by atoms with Crippen LogP contribution in [0.3, 0.4) is 0 Å². The maximum absolute atomic E-state index is 4.59. The van der Waals surface area contributed by atoms with Crippen LogP contribution < -0.4 is 5.32 Å².